The molecule has 5 heteroatoms. The van der Waals surface area contributed by atoms with Crippen LogP contribution in [0.1, 0.15) is 31.2 Å². The third kappa shape index (κ3) is 3.70. The summed E-state index contributed by atoms with van der Waals surface area (Å²) in [6.45, 7) is 0. The van der Waals surface area contributed by atoms with Gasteiger partial charge in [0.15, 0.2) is 5.82 Å². The predicted molar refractivity (Wildman–Crippen MR) is 105 cm³/mol. The third-order valence-electron chi connectivity index (χ3n) is 4.80. The Morgan fingerprint density at radius 2 is 2.12 bits per heavy atom. The van der Waals surface area contributed by atoms with E-state index in [9.17, 15) is 5.11 Å². The molecule has 0 spiro atoms. The average Bonchev–Trinajstić information content (AvgIpc) is 3.04. The fourth-order valence-corrected chi connectivity index (χ4v) is 3.70. The Morgan fingerprint density at radius 3 is 3.00 bits per heavy atom. The van der Waals surface area contributed by atoms with Crippen molar-refractivity contribution in [2.24, 2.45) is 0 Å². The van der Waals surface area contributed by atoms with Crippen LogP contribution >= 0.6 is 11.6 Å². The summed E-state index contributed by atoms with van der Waals surface area (Å²) in [5, 5.41) is 23.5. The fraction of sp³-hybridized carbons (Fsp3) is 0.286. The zero-order valence-corrected chi connectivity index (χ0v) is 15.1. The number of aliphatic hydroxyl groups is 1. The largest absolute Gasteiger partial charge is 0.378 e. The molecule has 2 aromatic carbocycles. The lowest BCUT2D eigenvalue weighted by molar-refractivity contribution is 0.0561. The van der Waals surface area contributed by atoms with Crippen LogP contribution in [0.25, 0.3) is 10.9 Å². The molecule has 2 atom stereocenters. The van der Waals surface area contributed by atoms with E-state index in [0.717, 1.165) is 35.1 Å². The highest BCUT2D eigenvalue weighted by Gasteiger charge is 2.33. The smallest absolute Gasteiger partial charge is 0.155 e. The van der Waals surface area contributed by atoms with E-state index in [1.165, 1.54) is 0 Å². The molecular formula is C21H20ClN3O. The van der Waals surface area contributed by atoms with Gasteiger partial charge in [-0.05, 0) is 49.6 Å². The Bertz CT molecular complexity index is 987. The predicted octanol–water partition coefficient (Wildman–Crippen LogP) is 4.35. The second-order valence-electron chi connectivity index (χ2n) is 6.85. The number of fused-ring (bicyclic) bond motifs is 1. The molecule has 132 valence electrons. The Balaban J connectivity index is 1.50. The van der Waals surface area contributed by atoms with E-state index in [1.54, 1.807) is 0 Å². The highest BCUT2D eigenvalue weighted by molar-refractivity contribution is 6.30. The fourth-order valence-electron chi connectivity index (χ4n) is 3.51. The van der Waals surface area contributed by atoms with Crippen molar-refractivity contribution in [3.63, 3.8) is 0 Å². The van der Waals surface area contributed by atoms with Gasteiger partial charge in [-0.25, -0.2) is 0 Å². The summed E-state index contributed by atoms with van der Waals surface area (Å²) in [4.78, 5) is 0. The normalized spacial score (nSPS) is 22.6. The van der Waals surface area contributed by atoms with Gasteiger partial charge in [-0.15, -0.1) is 0 Å². The Kier molecular flexibility index (Phi) is 4.58. The van der Waals surface area contributed by atoms with Crippen LogP contribution in [-0.2, 0) is 0 Å². The molecule has 1 aliphatic carbocycles. The maximum Gasteiger partial charge on any atom is 0.155 e. The SMILES string of the molecule is O[C@]1(C#Cc2cccc(Cl)c2)CCC[C@@H](Nc2n[nH]c3ccccc23)C1. The molecule has 1 aliphatic rings. The number of rotatable bonds is 2. The molecule has 3 aromatic rings. The van der Waals surface area contributed by atoms with Crippen molar-refractivity contribution in [1.29, 1.82) is 0 Å². The number of H-pyrrole nitrogens is 1. The minimum atomic E-state index is -0.996. The van der Waals surface area contributed by atoms with E-state index in [4.69, 9.17) is 11.6 Å². The number of anilines is 1. The third-order valence-corrected chi connectivity index (χ3v) is 5.04. The number of benzene rings is 2. The summed E-state index contributed by atoms with van der Waals surface area (Å²) >= 11 is 6.00. The molecule has 0 bridgehead atoms. The summed E-state index contributed by atoms with van der Waals surface area (Å²) in [6.07, 6.45) is 3.16. The van der Waals surface area contributed by atoms with E-state index < -0.39 is 5.60 Å². The first-order valence-electron chi connectivity index (χ1n) is 8.82. The Labute approximate surface area is 157 Å². The lowest BCUT2D eigenvalue weighted by Gasteiger charge is -2.33. The van der Waals surface area contributed by atoms with Crippen molar-refractivity contribution in [1.82, 2.24) is 10.2 Å². The van der Waals surface area contributed by atoms with Gasteiger partial charge in [0, 0.05) is 28.4 Å². The summed E-state index contributed by atoms with van der Waals surface area (Å²) in [7, 11) is 0. The van der Waals surface area contributed by atoms with Crippen molar-refractivity contribution < 1.29 is 5.11 Å². The van der Waals surface area contributed by atoms with Crippen molar-refractivity contribution in [2.45, 2.75) is 37.3 Å². The van der Waals surface area contributed by atoms with Crippen molar-refractivity contribution >= 4 is 28.3 Å². The van der Waals surface area contributed by atoms with Crippen molar-refractivity contribution in [2.75, 3.05) is 5.32 Å². The zero-order chi connectivity index (χ0) is 18.0. The van der Waals surface area contributed by atoms with Crippen LogP contribution in [0.15, 0.2) is 48.5 Å². The number of nitrogens with zero attached hydrogens (tertiary/aromatic N) is 1. The molecule has 1 saturated carbocycles. The van der Waals surface area contributed by atoms with Gasteiger partial charge in [0.05, 0.1) is 5.52 Å². The van der Waals surface area contributed by atoms with Gasteiger partial charge in [-0.3, -0.25) is 5.10 Å². The molecule has 4 rings (SSSR count). The Morgan fingerprint density at radius 1 is 1.23 bits per heavy atom. The van der Waals surface area contributed by atoms with E-state index >= 15 is 0 Å². The van der Waals surface area contributed by atoms with Crippen LogP contribution in [0.3, 0.4) is 0 Å². The number of aromatic amines is 1. The summed E-state index contributed by atoms with van der Waals surface area (Å²) < 4.78 is 0. The molecule has 0 aliphatic heterocycles. The molecule has 0 unspecified atom stereocenters. The summed E-state index contributed by atoms with van der Waals surface area (Å²) in [6, 6.07) is 15.5. The number of para-hydroxylation sites is 1. The van der Waals surface area contributed by atoms with Crippen LogP contribution in [0.2, 0.25) is 5.02 Å². The number of aromatic nitrogens is 2. The molecule has 1 fully saturated rings. The number of hydrogen-bond donors (Lipinski definition) is 3. The monoisotopic (exact) mass is 365 g/mol. The molecule has 1 heterocycles. The van der Waals surface area contributed by atoms with Crippen molar-refractivity contribution in [3.05, 3.63) is 59.1 Å². The quantitative estimate of drug-likeness (QED) is 0.591. The van der Waals surface area contributed by atoms with Crippen LogP contribution in [-0.4, -0.2) is 26.9 Å². The number of nitrogens with one attached hydrogen (secondary N) is 2. The molecule has 26 heavy (non-hydrogen) atoms. The highest BCUT2D eigenvalue weighted by atomic mass is 35.5. The first-order chi connectivity index (χ1) is 12.6. The average molecular weight is 366 g/mol. The van der Waals surface area contributed by atoms with E-state index in [1.807, 2.05) is 48.5 Å². The van der Waals surface area contributed by atoms with Gasteiger partial charge in [0.25, 0.3) is 0 Å². The van der Waals surface area contributed by atoms with Crippen LogP contribution < -0.4 is 5.32 Å². The molecule has 3 N–H and O–H groups in total. The lowest BCUT2D eigenvalue weighted by Crippen LogP contribution is -2.39. The molecular weight excluding hydrogens is 346 g/mol. The van der Waals surface area contributed by atoms with Gasteiger partial charge < -0.3 is 10.4 Å². The number of halogens is 1. The van der Waals surface area contributed by atoms with Crippen LogP contribution in [0.4, 0.5) is 5.82 Å². The van der Waals surface area contributed by atoms with Crippen LogP contribution in [0, 0.1) is 11.8 Å². The van der Waals surface area contributed by atoms with E-state index in [2.05, 4.69) is 27.4 Å². The first kappa shape index (κ1) is 17.0. The van der Waals surface area contributed by atoms with Gasteiger partial charge in [-0.2, -0.15) is 5.10 Å². The van der Waals surface area contributed by atoms with Gasteiger partial charge in [-0.1, -0.05) is 41.6 Å². The van der Waals surface area contributed by atoms with E-state index in [0.29, 0.717) is 17.9 Å². The topological polar surface area (TPSA) is 60.9 Å². The standard InChI is InChI=1S/C21H20ClN3O/c22-16-6-3-5-15(13-16)10-12-21(26)11-4-7-17(14-21)23-20-18-8-1-2-9-19(18)24-25-20/h1-3,5-6,8-9,13,17,26H,4,7,11,14H2,(H2,23,24,25)/t17-,21+/m1/s1. The highest BCUT2D eigenvalue weighted by Crippen LogP contribution is 2.31. The second-order valence-corrected chi connectivity index (χ2v) is 7.28. The van der Waals surface area contributed by atoms with Gasteiger partial charge >= 0.3 is 0 Å². The van der Waals surface area contributed by atoms with Gasteiger partial charge in [0.1, 0.15) is 5.60 Å². The molecule has 4 nitrogen and oxygen atoms in total. The van der Waals surface area contributed by atoms with E-state index in [-0.39, 0.29) is 6.04 Å². The van der Waals surface area contributed by atoms with Crippen molar-refractivity contribution in [3.8, 4) is 11.8 Å². The Hall–Kier alpha value is -2.48. The maximum absolute atomic E-state index is 10.9. The first-order valence-corrected chi connectivity index (χ1v) is 9.20. The molecule has 1 aromatic heterocycles. The minimum Gasteiger partial charge on any atom is -0.378 e. The lowest BCUT2D eigenvalue weighted by atomic mass is 9.82. The van der Waals surface area contributed by atoms with Gasteiger partial charge in [0.2, 0.25) is 0 Å². The molecule has 0 radical (unpaired) electrons. The van der Waals surface area contributed by atoms with Crippen LogP contribution in [0.5, 0.6) is 0 Å². The second kappa shape index (κ2) is 7.03. The maximum atomic E-state index is 10.9. The number of hydrogen-bond acceptors (Lipinski definition) is 3. The minimum absolute atomic E-state index is 0.133. The summed E-state index contributed by atoms with van der Waals surface area (Å²) in [5.74, 6) is 6.97. The molecule has 0 amide bonds. The molecule has 0 saturated heterocycles. The summed E-state index contributed by atoms with van der Waals surface area (Å²) in [5.41, 5.74) is 0.825. The zero-order valence-electron chi connectivity index (χ0n) is 14.3.